The summed E-state index contributed by atoms with van der Waals surface area (Å²) in [5.74, 6) is -1.21. The fourth-order valence-electron chi connectivity index (χ4n) is 3.91. The van der Waals surface area contributed by atoms with E-state index in [1.54, 1.807) is 13.8 Å². The van der Waals surface area contributed by atoms with Gasteiger partial charge in [0.2, 0.25) is 0 Å². The average Bonchev–Trinajstić information content (AvgIpc) is 3.21. The van der Waals surface area contributed by atoms with Crippen LogP contribution in [0.25, 0.3) is 11.1 Å². The lowest BCUT2D eigenvalue weighted by atomic mass is 9.98. The molecule has 1 heterocycles. The van der Waals surface area contributed by atoms with E-state index < -0.39 is 12.1 Å². The molecular weight excluding hydrogens is 370 g/mol. The van der Waals surface area contributed by atoms with Gasteiger partial charge in [0.1, 0.15) is 6.61 Å². The molecule has 2 N–H and O–H groups in total. The number of nitrogens with one attached hydrogen (secondary N) is 1. The minimum atomic E-state index is -1.15. The summed E-state index contributed by atoms with van der Waals surface area (Å²) in [6.45, 7) is 3.98. The summed E-state index contributed by atoms with van der Waals surface area (Å²) in [4.78, 5) is 24.0. The summed E-state index contributed by atoms with van der Waals surface area (Å²) in [6.07, 6.45) is -0.701. The molecule has 0 saturated carbocycles. The van der Waals surface area contributed by atoms with Crippen molar-refractivity contribution in [3.63, 3.8) is 0 Å². The lowest BCUT2D eigenvalue weighted by molar-refractivity contribution is 0.0684. The quantitative estimate of drug-likeness (QED) is 0.677. The normalized spacial score (nSPS) is 12.3. The van der Waals surface area contributed by atoms with Gasteiger partial charge in [0.25, 0.3) is 0 Å². The van der Waals surface area contributed by atoms with Crippen LogP contribution in [0, 0.1) is 6.92 Å². The summed E-state index contributed by atoms with van der Waals surface area (Å²) in [6, 6.07) is 16.1. The van der Waals surface area contributed by atoms with E-state index in [0.29, 0.717) is 12.2 Å². The van der Waals surface area contributed by atoms with E-state index in [-0.39, 0.29) is 23.9 Å². The van der Waals surface area contributed by atoms with Crippen LogP contribution in [0.15, 0.2) is 48.5 Å². The number of aryl methyl sites for hydroxylation is 2. The molecule has 7 heteroatoms. The molecule has 4 rings (SSSR count). The van der Waals surface area contributed by atoms with E-state index in [2.05, 4.69) is 22.5 Å². The van der Waals surface area contributed by atoms with Crippen LogP contribution in [0.5, 0.6) is 0 Å². The van der Waals surface area contributed by atoms with Crippen LogP contribution in [-0.2, 0) is 11.3 Å². The Labute approximate surface area is 167 Å². The van der Waals surface area contributed by atoms with E-state index in [9.17, 15) is 14.7 Å². The number of nitrogens with zero attached hydrogens (tertiary/aromatic N) is 2. The summed E-state index contributed by atoms with van der Waals surface area (Å²) in [7, 11) is 0. The number of fused-ring (bicyclic) bond motifs is 3. The van der Waals surface area contributed by atoms with Crippen LogP contribution in [0.1, 0.15) is 40.2 Å². The third-order valence-electron chi connectivity index (χ3n) is 5.20. The summed E-state index contributed by atoms with van der Waals surface area (Å²) in [5.41, 5.74) is 5.05. The molecule has 3 aromatic rings. The van der Waals surface area contributed by atoms with Crippen molar-refractivity contribution >= 4 is 17.7 Å². The Kier molecular flexibility index (Phi) is 4.80. The van der Waals surface area contributed by atoms with Crippen molar-refractivity contribution in [3.8, 4) is 11.1 Å². The number of hydrogen-bond acceptors (Lipinski definition) is 4. The highest BCUT2D eigenvalue weighted by atomic mass is 16.5. The number of hydrogen-bond donors (Lipinski definition) is 2. The first-order valence-electron chi connectivity index (χ1n) is 9.44. The second-order valence-electron chi connectivity index (χ2n) is 6.88. The number of ether oxygens (including phenoxy) is 1. The van der Waals surface area contributed by atoms with E-state index in [4.69, 9.17) is 4.74 Å². The first-order valence-corrected chi connectivity index (χ1v) is 9.44. The molecule has 0 saturated heterocycles. The summed E-state index contributed by atoms with van der Waals surface area (Å²) in [5, 5.41) is 16.2. The number of amides is 1. The molecule has 1 aliphatic carbocycles. The van der Waals surface area contributed by atoms with Crippen molar-refractivity contribution in [3.05, 3.63) is 71.0 Å². The minimum Gasteiger partial charge on any atom is -0.476 e. The van der Waals surface area contributed by atoms with Crippen molar-refractivity contribution < 1.29 is 19.4 Å². The molecule has 0 fully saturated rings. The first kappa shape index (κ1) is 18.7. The molecule has 1 amide bonds. The maximum atomic E-state index is 12.5. The Hall–Kier alpha value is -3.61. The van der Waals surface area contributed by atoms with Crippen LogP contribution in [0.2, 0.25) is 0 Å². The zero-order valence-electron chi connectivity index (χ0n) is 16.2. The molecule has 148 valence electrons. The van der Waals surface area contributed by atoms with Crippen LogP contribution in [-0.4, -0.2) is 33.6 Å². The molecule has 0 bridgehead atoms. The van der Waals surface area contributed by atoms with Gasteiger partial charge in [-0.05, 0) is 36.1 Å². The Bertz CT molecular complexity index is 1060. The number of carbonyl (C=O) groups excluding carboxylic acids is 1. The van der Waals surface area contributed by atoms with Crippen molar-refractivity contribution in [2.24, 2.45) is 0 Å². The molecule has 7 nitrogen and oxygen atoms in total. The zero-order chi connectivity index (χ0) is 20.5. The zero-order valence-corrected chi connectivity index (χ0v) is 16.2. The number of aromatic nitrogens is 2. The van der Waals surface area contributed by atoms with Crippen molar-refractivity contribution in [2.45, 2.75) is 26.3 Å². The Morgan fingerprint density at radius 3 is 2.24 bits per heavy atom. The highest BCUT2D eigenvalue weighted by Crippen LogP contribution is 2.44. The fraction of sp³-hybridized carbons (Fsp3) is 0.227. The van der Waals surface area contributed by atoms with Gasteiger partial charge >= 0.3 is 12.1 Å². The standard InChI is InChI=1S/C22H21N3O4/c1-3-25-20(21(26)27)19(13(2)24-25)23-22(28)29-12-18-16-10-6-4-8-14(16)15-9-5-7-11-17(15)18/h4-11,18H,3,12H2,1-2H3,(H,23,28)(H,26,27). The summed E-state index contributed by atoms with van der Waals surface area (Å²) >= 11 is 0. The lowest BCUT2D eigenvalue weighted by Crippen LogP contribution is -2.20. The molecule has 0 aliphatic heterocycles. The van der Waals surface area contributed by atoms with Crippen LogP contribution < -0.4 is 5.32 Å². The number of carboxylic acid groups (broad SMARTS) is 1. The Morgan fingerprint density at radius 1 is 1.10 bits per heavy atom. The highest BCUT2D eigenvalue weighted by molar-refractivity contribution is 5.98. The van der Waals surface area contributed by atoms with Gasteiger partial charge in [0, 0.05) is 12.5 Å². The lowest BCUT2D eigenvalue weighted by Gasteiger charge is -2.14. The van der Waals surface area contributed by atoms with Crippen molar-refractivity contribution in [1.82, 2.24) is 9.78 Å². The van der Waals surface area contributed by atoms with Gasteiger partial charge in [-0.15, -0.1) is 0 Å². The van der Waals surface area contributed by atoms with Gasteiger partial charge in [-0.1, -0.05) is 48.5 Å². The molecule has 0 radical (unpaired) electrons. The first-order chi connectivity index (χ1) is 14.0. The van der Waals surface area contributed by atoms with Gasteiger partial charge in [-0.25, -0.2) is 9.59 Å². The molecule has 0 spiro atoms. The van der Waals surface area contributed by atoms with Crippen LogP contribution >= 0.6 is 0 Å². The van der Waals surface area contributed by atoms with Gasteiger partial charge in [0.05, 0.1) is 11.4 Å². The molecule has 1 aliphatic rings. The number of carboxylic acids is 1. The predicted molar refractivity (Wildman–Crippen MR) is 108 cm³/mol. The number of carbonyl (C=O) groups is 2. The molecule has 29 heavy (non-hydrogen) atoms. The largest absolute Gasteiger partial charge is 0.476 e. The maximum Gasteiger partial charge on any atom is 0.411 e. The number of aromatic carboxylic acids is 1. The van der Waals surface area contributed by atoms with E-state index in [1.165, 1.54) is 4.68 Å². The highest BCUT2D eigenvalue weighted by Gasteiger charge is 2.29. The second kappa shape index (κ2) is 7.43. The van der Waals surface area contributed by atoms with Crippen molar-refractivity contribution in [1.29, 1.82) is 0 Å². The Balaban J connectivity index is 1.53. The topological polar surface area (TPSA) is 93.5 Å². The summed E-state index contributed by atoms with van der Waals surface area (Å²) < 4.78 is 6.84. The molecule has 1 aromatic heterocycles. The molecule has 0 unspecified atom stereocenters. The van der Waals surface area contributed by atoms with E-state index in [1.807, 2.05) is 36.4 Å². The third-order valence-corrected chi connectivity index (χ3v) is 5.20. The monoisotopic (exact) mass is 391 g/mol. The second-order valence-corrected chi connectivity index (χ2v) is 6.88. The number of rotatable bonds is 5. The SMILES string of the molecule is CCn1nc(C)c(NC(=O)OCC2c3ccccc3-c3ccccc32)c1C(=O)O. The molecule has 2 aromatic carbocycles. The van der Waals surface area contributed by atoms with Crippen molar-refractivity contribution in [2.75, 3.05) is 11.9 Å². The average molecular weight is 391 g/mol. The molecule has 0 atom stereocenters. The van der Waals surface area contributed by atoms with Gasteiger partial charge in [-0.2, -0.15) is 5.10 Å². The third kappa shape index (κ3) is 3.24. The maximum absolute atomic E-state index is 12.5. The number of anilines is 1. The number of benzene rings is 2. The van der Waals surface area contributed by atoms with E-state index >= 15 is 0 Å². The fourth-order valence-corrected chi connectivity index (χ4v) is 3.91. The minimum absolute atomic E-state index is 0.0569. The van der Waals surface area contributed by atoms with Gasteiger partial charge in [-0.3, -0.25) is 10.00 Å². The van der Waals surface area contributed by atoms with Gasteiger partial charge in [0.15, 0.2) is 5.69 Å². The van der Waals surface area contributed by atoms with Crippen LogP contribution in [0.4, 0.5) is 10.5 Å². The predicted octanol–water partition coefficient (Wildman–Crippen LogP) is 4.27. The van der Waals surface area contributed by atoms with E-state index in [0.717, 1.165) is 22.3 Å². The smallest absolute Gasteiger partial charge is 0.411 e. The molecular formula is C22H21N3O4. The van der Waals surface area contributed by atoms with Gasteiger partial charge < -0.3 is 9.84 Å². The Morgan fingerprint density at radius 2 is 1.69 bits per heavy atom. The van der Waals surface area contributed by atoms with Crippen LogP contribution in [0.3, 0.4) is 0 Å².